The molecule has 24 heavy (non-hydrogen) atoms. The van der Waals surface area contributed by atoms with Crippen molar-refractivity contribution >= 4 is 11.9 Å². The van der Waals surface area contributed by atoms with Crippen LogP contribution in [0.5, 0.6) is 0 Å². The Labute approximate surface area is 143 Å². The van der Waals surface area contributed by atoms with E-state index in [0.29, 0.717) is 35.6 Å². The van der Waals surface area contributed by atoms with E-state index in [4.69, 9.17) is 5.11 Å². The third kappa shape index (κ3) is 2.56. The molecule has 0 radical (unpaired) electrons. The van der Waals surface area contributed by atoms with Gasteiger partial charge in [0.15, 0.2) is 0 Å². The lowest BCUT2D eigenvalue weighted by Crippen LogP contribution is -2.55. The topological polar surface area (TPSA) is 69.6 Å². The SMILES string of the molecule is O=C(O)CN(CC1CC1)C1CC(NC(=O)C2C3C4CCC(C4)C23)C1. The summed E-state index contributed by atoms with van der Waals surface area (Å²) in [6.45, 7) is 1.08. The smallest absolute Gasteiger partial charge is 0.317 e. The number of carboxylic acids is 1. The molecule has 0 aromatic rings. The summed E-state index contributed by atoms with van der Waals surface area (Å²) in [5.41, 5.74) is 0. The Kier molecular flexibility index (Phi) is 3.45. The first kappa shape index (κ1) is 15.2. The molecule has 5 rings (SSSR count). The number of carbonyl (C=O) groups is 2. The maximum absolute atomic E-state index is 12.6. The fourth-order valence-corrected chi connectivity index (χ4v) is 6.13. The zero-order valence-electron chi connectivity index (χ0n) is 14.2. The number of carboxylic acid groups (broad SMARTS) is 1. The lowest BCUT2D eigenvalue weighted by atomic mass is 9.85. The van der Waals surface area contributed by atoms with E-state index >= 15 is 0 Å². The zero-order valence-corrected chi connectivity index (χ0v) is 14.2. The van der Waals surface area contributed by atoms with Crippen LogP contribution in [-0.4, -0.2) is 47.1 Å². The first-order chi connectivity index (χ1) is 11.6. The van der Waals surface area contributed by atoms with Gasteiger partial charge in [0.2, 0.25) is 5.91 Å². The third-order valence-electron chi connectivity index (χ3n) is 7.54. The second kappa shape index (κ2) is 5.45. The van der Waals surface area contributed by atoms with Crippen molar-refractivity contribution in [3.63, 3.8) is 0 Å². The number of hydrogen-bond acceptors (Lipinski definition) is 3. The molecule has 5 heteroatoms. The van der Waals surface area contributed by atoms with Gasteiger partial charge in [-0.2, -0.15) is 0 Å². The summed E-state index contributed by atoms with van der Waals surface area (Å²) in [6.07, 6.45) is 8.45. The molecule has 5 fully saturated rings. The van der Waals surface area contributed by atoms with Gasteiger partial charge in [-0.05, 0) is 74.5 Å². The molecule has 2 bridgehead atoms. The van der Waals surface area contributed by atoms with Crippen LogP contribution < -0.4 is 5.32 Å². The van der Waals surface area contributed by atoms with E-state index in [0.717, 1.165) is 31.2 Å². The van der Waals surface area contributed by atoms with E-state index in [2.05, 4.69) is 10.2 Å². The Morgan fingerprint density at radius 1 is 1.00 bits per heavy atom. The van der Waals surface area contributed by atoms with Crippen LogP contribution in [0, 0.1) is 35.5 Å². The highest BCUT2D eigenvalue weighted by atomic mass is 16.4. The van der Waals surface area contributed by atoms with Crippen molar-refractivity contribution < 1.29 is 14.7 Å². The van der Waals surface area contributed by atoms with Crippen LogP contribution in [0.3, 0.4) is 0 Å². The molecule has 2 N–H and O–H groups in total. The maximum Gasteiger partial charge on any atom is 0.317 e. The Balaban J connectivity index is 1.10. The molecule has 4 unspecified atom stereocenters. The van der Waals surface area contributed by atoms with Gasteiger partial charge < -0.3 is 10.4 Å². The van der Waals surface area contributed by atoms with Crippen LogP contribution >= 0.6 is 0 Å². The summed E-state index contributed by atoms with van der Waals surface area (Å²) >= 11 is 0. The van der Waals surface area contributed by atoms with Crippen molar-refractivity contribution in [2.24, 2.45) is 35.5 Å². The highest BCUT2D eigenvalue weighted by Gasteiger charge is 2.67. The fourth-order valence-electron chi connectivity index (χ4n) is 6.13. The van der Waals surface area contributed by atoms with Crippen molar-refractivity contribution in [2.45, 2.75) is 57.0 Å². The van der Waals surface area contributed by atoms with Crippen LogP contribution in [0.1, 0.15) is 44.9 Å². The van der Waals surface area contributed by atoms with Gasteiger partial charge in [-0.1, -0.05) is 0 Å². The van der Waals surface area contributed by atoms with Gasteiger partial charge in [-0.15, -0.1) is 0 Å². The molecular formula is C19H28N2O3. The summed E-state index contributed by atoms with van der Waals surface area (Å²) in [7, 11) is 0. The van der Waals surface area contributed by atoms with Crippen molar-refractivity contribution in [1.82, 2.24) is 10.2 Å². The van der Waals surface area contributed by atoms with Crippen LogP contribution in [0.2, 0.25) is 0 Å². The number of aliphatic carboxylic acids is 1. The van der Waals surface area contributed by atoms with Gasteiger partial charge in [0.1, 0.15) is 0 Å². The number of amides is 1. The molecule has 4 atom stereocenters. The van der Waals surface area contributed by atoms with Crippen molar-refractivity contribution in [3.8, 4) is 0 Å². The van der Waals surface area contributed by atoms with Gasteiger partial charge in [0.05, 0.1) is 6.54 Å². The molecule has 132 valence electrons. The van der Waals surface area contributed by atoms with Crippen LogP contribution in [0.15, 0.2) is 0 Å². The first-order valence-corrected chi connectivity index (χ1v) is 9.86. The van der Waals surface area contributed by atoms with Gasteiger partial charge in [0, 0.05) is 24.5 Å². The summed E-state index contributed by atoms with van der Waals surface area (Å²) < 4.78 is 0. The molecular weight excluding hydrogens is 304 g/mol. The van der Waals surface area contributed by atoms with E-state index in [-0.39, 0.29) is 12.6 Å². The summed E-state index contributed by atoms with van der Waals surface area (Å²) in [5.74, 6) is 3.69. The predicted octanol–water partition coefficient (Wildman–Crippen LogP) is 1.72. The largest absolute Gasteiger partial charge is 0.480 e. The number of nitrogens with one attached hydrogen (secondary N) is 1. The van der Waals surface area contributed by atoms with Crippen LogP contribution in [0.4, 0.5) is 0 Å². The highest BCUT2D eigenvalue weighted by Crippen LogP contribution is 2.69. The Bertz CT molecular complexity index is 539. The van der Waals surface area contributed by atoms with Crippen LogP contribution in [0.25, 0.3) is 0 Å². The number of rotatable bonds is 7. The standard InChI is InChI=1S/C19H28N2O3/c22-15(23)9-21(8-10-1-2-10)14-6-13(7-14)20-19(24)18-16-11-3-4-12(5-11)17(16)18/h10-14,16-18H,1-9H2,(H,20,24)(H,22,23). The normalized spacial score (nSPS) is 45.0. The lowest BCUT2D eigenvalue weighted by Gasteiger charge is -2.42. The summed E-state index contributed by atoms with van der Waals surface area (Å²) in [5, 5.41) is 12.4. The number of nitrogens with zero attached hydrogens (tertiary/aromatic N) is 1. The van der Waals surface area contributed by atoms with E-state index < -0.39 is 5.97 Å². The molecule has 5 aliphatic rings. The zero-order chi connectivity index (χ0) is 16.4. The molecule has 0 aliphatic heterocycles. The average molecular weight is 332 g/mol. The number of carbonyl (C=O) groups excluding carboxylic acids is 1. The molecule has 0 heterocycles. The first-order valence-electron chi connectivity index (χ1n) is 9.86. The summed E-state index contributed by atoms with van der Waals surface area (Å²) in [6, 6.07) is 0.624. The number of hydrogen-bond donors (Lipinski definition) is 2. The quantitative estimate of drug-likeness (QED) is 0.745. The van der Waals surface area contributed by atoms with Crippen molar-refractivity contribution in [1.29, 1.82) is 0 Å². The number of fused-ring (bicyclic) bond motifs is 5. The molecule has 0 spiro atoms. The summed E-state index contributed by atoms with van der Waals surface area (Å²) in [4.78, 5) is 25.8. The molecule has 1 amide bonds. The predicted molar refractivity (Wildman–Crippen MR) is 88.2 cm³/mol. The van der Waals surface area contributed by atoms with E-state index in [1.807, 2.05) is 0 Å². The minimum atomic E-state index is -0.732. The highest BCUT2D eigenvalue weighted by molar-refractivity contribution is 5.83. The van der Waals surface area contributed by atoms with Gasteiger partial charge >= 0.3 is 5.97 Å². The van der Waals surface area contributed by atoms with Crippen molar-refractivity contribution in [2.75, 3.05) is 13.1 Å². The molecule has 5 aliphatic carbocycles. The van der Waals surface area contributed by atoms with Crippen molar-refractivity contribution in [3.05, 3.63) is 0 Å². The molecule has 5 saturated carbocycles. The average Bonchev–Trinajstić information content (AvgIpc) is 3.39. The lowest BCUT2D eigenvalue weighted by molar-refractivity contribution is -0.140. The Morgan fingerprint density at radius 3 is 2.25 bits per heavy atom. The van der Waals surface area contributed by atoms with Gasteiger partial charge in [-0.25, -0.2) is 0 Å². The maximum atomic E-state index is 12.6. The second-order valence-corrected chi connectivity index (χ2v) is 9.11. The van der Waals surface area contributed by atoms with Gasteiger partial charge in [0.25, 0.3) is 0 Å². The van der Waals surface area contributed by atoms with Crippen LogP contribution in [-0.2, 0) is 9.59 Å². The minimum absolute atomic E-state index is 0.151. The minimum Gasteiger partial charge on any atom is -0.480 e. The van der Waals surface area contributed by atoms with E-state index in [1.165, 1.54) is 32.1 Å². The Morgan fingerprint density at radius 2 is 1.67 bits per heavy atom. The monoisotopic (exact) mass is 332 g/mol. The Hall–Kier alpha value is -1.10. The molecule has 5 nitrogen and oxygen atoms in total. The van der Waals surface area contributed by atoms with Gasteiger partial charge in [-0.3, -0.25) is 14.5 Å². The fraction of sp³-hybridized carbons (Fsp3) is 0.895. The van der Waals surface area contributed by atoms with E-state index in [9.17, 15) is 9.59 Å². The molecule has 0 saturated heterocycles. The molecule has 0 aromatic heterocycles. The second-order valence-electron chi connectivity index (χ2n) is 9.11. The third-order valence-corrected chi connectivity index (χ3v) is 7.54. The molecule has 0 aromatic carbocycles. The van der Waals surface area contributed by atoms with E-state index in [1.54, 1.807) is 0 Å².